The Labute approximate surface area is 131 Å². The average Bonchev–Trinajstić information content (AvgIpc) is 3.11. The van der Waals surface area contributed by atoms with Crippen LogP contribution in [-0.2, 0) is 19.5 Å². The van der Waals surface area contributed by atoms with Crippen LogP contribution in [-0.4, -0.2) is 28.8 Å². The number of aromatic nitrogens is 2. The van der Waals surface area contributed by atoms with E-state index in [9.17, 15) is 0 Å². The lowest BCUT2D eigenvalue weighted by atomic mass is 10.1. The first-order valence-corrected chi connectivity index (χ1v) is 7.71. The van der Waals surface area contributed by atoms with Crippen LogP contribution in [0.4, 0.5) is 0 Å². The Hall–Kier alpha value is -2.01. The smallest absolute Gasteiger partial charge is 0.123 e. The third-order valence-corrected chi connectivity index (χ3v) is 3.98. The Kier molecular flexibility index (Phi) is 4.34. The van der Waals surface area contributed by atoms with Gasteiger partial charge in [0.05, 0.1) is 13.4 Å². The second-order valence-electron chi connectivity index (χ2n) is 5.95. The Morgan fingerprint density at radius 2 is 2.36 bits per heavy atom. The van der Waals surface area contributed by atoms with Crippen LogP contribution in [0.5, 0.6) is 11.5 Å². The molecule has 0 bridgehead atoms. The second-order valence-corrected chi connectivity index (χ2v) is 5.95. The van der Waals surface area contributed by atoms with Gasteiger partial charge in [-0.15, -0.1) is 0 Å². The van der Waals surface area contributed by atoms with Crippen LogP contribution in [0.15, 0.2) is 30.9 Å². The normalized spacial score (nSPS) is 17.9. The zero-order valence-electron chi connectivity index (χ0n) is 13.4. The van der Waals surface area contributed by atoms with E-state index in [1.807, 2.05) is 12.5 Å². The van der Waals surface area contributed by atoms with E-state index in [1.165, 1.54) is 5.56 Å². The Morgan fingerprint density at radius 3 is 3.09 bits per heavy atom. The average molecular weight is 301 g/mol. The number of hydrogen-bond donors (Lipinski definition) is 1. The molecule has 0 spiro atoms. The summed E-state index contributed by atoms with van der Waals surface area (Å²) >= 11 is 0. The monoisotopic (exact) mass is 301 g/mol. The first kappa shape index (κ1) is 14.9. The van der Waals surface area contributed by atoms with E-state index in [2.05, 4.69) is 40.8 Å². The van der Waals surface area contributed by atoms with Gasteiger partial charge in [0.1, 0.15) is 17.6 Å². The Bertz CT molecular complexity index is 625. The summed E-state index contributed by atoms with van der Waals surface area (Å²) in [6.45, 7) is 5.90. The summed E-state index contributed by atoms with van der Waals surface area (Å²) in [4.78, 5) is 4.07. The minimum absolute atomic E-state index is 0.253. The van der Waals surface area contributed by atoms with Crippen molar-refractivity contribution in [3.8, 4) is 11.5 Å². The van der Waals surface area contributed by atoms with Gasteiger partial charge in [0, 0.05) is 49.1 Å². The van der Waals surface area contributed by atoms with Gasteiger partial charge in [-0.3, -0.25) is 0 Å². The van der Waals surface area contributed by atoms with E-state index in [0.717, 1.165) is 36.6 Å². The number of hydrogen-bond acceptors (Lipinski definition) is 4. The van der Waals surface area contributed by atoms with Gasteiger partial charge in [-0.1, -0.05) is 0 Å². The molecular weight excluding hydrogens is 278 g/mol. The van der Waals surface area contributed by atoms with E-state index in [4.69, 9.17) is 9.47 Å². The number of ether oxygens (including phenoxy) is 2. The SMILES string of the molecule is COc1cc2c(cc1CN[C@H](C)Cn1ccnc1)O[C@@H](C)C2. The molecule has 22 heavy (non-hydrogen) atoms. The number of fused-ring (bicyclic) bond motifs is 1. The molecule has 0 saturated carbocycles. The lowest BCUT2D eigenvalue weighted by Crippen LogP contribution is -2.29. The Balaban J connectivity index is 1.66. The lowest BCUT2D eigenvalue weighted by Gasteiger charge is -2.16. The number of rotatable bonds is 6. The molecule has 1 N–H and O–H groups in total. The van der Waals surface area contributed by atoms with Gasteiger partial charge >= 0.3 is 0 Å². The van der Waals surface area contributed by atoms with Crippen LogP contribution in [0.2, 0.25) is 0 Å². The van der Waals surface area contributed by atoms with Crippen LogP contribution in [0.3, 0.4) is 0 Å². The molecule has 1 aromatic heterocycles. The molecule has 1 aromatic carbocycles. The minimum atomic E-state index is 0.253. The van der Waals surface area contributed by atoms with Crippen LogP contribution < -0.4 is 14.8 Å². The highest BCUT2D eigenvalue weighted by Crippen LogP contribution is 2.34. The molecule has 1 aliphatic rings. The van der Waals surface area contributed by atoms with Crippen molar-refractivity contribution in [3.05, 3.63) is 42.0 Å². The summed E-state index contributed by atoms with van der Waals surface area (Å²) in [6.07, 6.45) is 6.82. The zero-order chi connectivity index (χ0) is 15.5. The van der Waals surface area contributed by atoms with E-state index < -0.39 is 0 Å². The maximum atomic E-state index is 5.84. The first-order chi connectivity index (χ1) is 10.7. The predicted octanol–water partition coefficient (Wildman–Crippen LogP) is 2.39. The maximum absolute atomic E-state index is 5.84. The summed E-state index contributed by atoms with van der Waals surface area (Å²) in [5, 5.41) is 3.53. The van der Waals surface area contributed by atoms with Crippen LogP contribution in [0, 0.1) is 0 Å². The van der Waals surface area contributed by atoms with Crippen LogP contribution in [0.1, 0.15) is 25.0 Å². The van der Waals surface area contributed by atoms with Crippen molar-refractivity contribution in [2.75, 3.05) is 7.11 Å². The molecule has 0 aliphatic carbocycles. The fraction of sp³-hybridized carbons (Fsp3) is 0.471. The topological polar surface area (TPSA) is 48.3 Å². The fourth-order valence-electron chi connectivity index (χ4n) is 2.87. The van der Waals surface area contributed by atoms with Crippen molar-refractivity contribution in [1.82, 2.24) is 14.9 Å². The molecule has 2 aromatic rings. The quantitative estimate of drug-likeness (QED) is 0.890. The van der Waals surface area contributed by atoms with Gasteiger partial charge in [-0.25, -0.2) is 4.98 Å². The van der Waals surface area contributed by atoms with Crippen molar-refractivity contribution in [2.24, 2.45) is 0 Å². The third-order valence-electron chi connectivity index (χ3n) is 3.98. The lowest BCUT2D eigenvalue weighted by molar-refractivity contribution is 0.254. The molecule has 118 valence electrons. The summed E-state index contributed by atoms with van der Waals surface area (Å²) in [5.41, 5.74) is 2.37. The number of imidazole rings is 1. The van der Waals surface area contributed by atoms with Crippen molar-refractivity contribution in [1.29, 1.82) is 0 Å². The van der Waals surface area contributed by atoms with Crippen molar-refractivity contribution < 1.29 is 9.47 Å². The largest absolute Gasteiger partial charge is 0.496 e. The van der Waals surface area contributed by atoms with E-state index in [1.54, 1.807) is 13.3 Å². The molecule has 0 radical (unpaired) electrons. The zero-order valence-corrected chi connectivity index (χ0v) is 13.4. The number of nitrogens with one attached hydrogen (secondary N) is 1. The van der Waals surface area contributed by atoms with Gasteiger partial charge in [0.2, 0.25) is 0 Å². The second kappa shape index (κ2) is 6.40. The standard InChI is InChI=1S/C17H23N3O2/c1-12(10-20-5-4-18-11-20)19-9-15-8-17-14(6-13(2)22-17)7-16(15)21-3/h4-5,7-8,11-13,19H,6,9-10H2,1-3H3/t12-,13+/m1/s1. The van der Waals surface area contributed by atoms with Gasteiger partial charge in [0.25, 0.3) is 0 Å². The molecule has 0 unspecified atom stereocenters. The summed E-state index contributed by atoms with van der Waals surface area (Å²) in [5.74, 6) is 1.92. The summed E-state index contributed by atoms with van der Waals surface area (Å²) in [7, 11) is 1.72. The van der Waals surface area contributed by atoms with Crippen molar-refractivity contribution >= 4 is 0 Å². The number of methoxy groups -OCH3 is 1. The van der Waals surface area contributed by atoms with Crippen LogP contribution >= 0.6 is 0 Å². The molecule has 0 saturated heterocycles. The Morgan fingerprint density at radius 1 is 1.50 bits per heavy atom. The summed E-state index contributed by atoms with van der Waals surface area (Å²) < 4.78 is 13.4. The molecule has 2 atom stereocenters. The summed E-state index contributed by atoms with van der Waals surface area (Å²) in [6, 6.07) is 4.55. The van der Waals surface area contributed by atoms with Crippen molar-refractivity contribution in [2.45, 2.75) is 45.5 Å². The third kappa shape index (κ3) is 3.25. The molecule has 5 nitrogen and oxygen atoms in total. The molecular formula is C17H23N3O2. The molecule has 3 rings (SSSR count). The highest BCUT2D eigenvalue weighted by molar-refractivity contribution is 5.48. The van der Waals surface area contributed by atoms with Gasteiger partial charge in [-0.2, -0.15) is 0 Å². The van der Waals surface area contributed by atoms with E-state index >= 15 is 0 Å². The van der Waals surface area contributed by atoms with E-state index in [0.29, 0.717) is 6.04 Å². The molecule has 0 amide bonds. The molecule has 1 aliphatic heterocycles. The van der Waals surface area contributed by atoms with Gasteiger partial charge in [-0.05, 0) is 26.0 Å². The molecule has 5 heteroatoms. The van der Waals surface area contributed by atoms with Gasteiger partial charge < -0.3 is 19.4 Å². The highest BCUT2D eigenvalue weighted by Gasteiger charge is 2.21. The number of benzene rings is 1. The van der Waals surface area contributed by atoms with E-state index in [-0.39, 0.29) is 6.10 Å². The highest BCUT2D eigenvalue weighted by atomic mass is 16.5. The fourth-order valence-corrected chi connectivity index (χ4v) is 2.87. The predicted molar refractivity (Wildman–Crippen MR) is 85.3 cm³/mol. The van der Waals surface area contributed by atoms with Crippen molar-refractivity contribution in [3.63, 3.8) is 0 Å². The maximum Gasteiger partial charge on any atom is 0.123 e. The molecule has 0 fully saturated rings. The first-order valence-electron chi connectivity index (χ1n) is 7.71. The van der Waals surface area contributed by atoms with Crippen LogP contribution in [0.25, 0.3) is 0 Å². The molecule has 2 heterocycles. The minimum Gasteiger partial charge on any atom is -0.496 e. The number of nitrogens with zero attached hydrogens (tertiary/aromatic N) is 2. The van der Waals surface area contributed by atoms with Gasteiger partial charge in [0.15, 0.2) is 0 Å².